The van der Waals surface area contributed by atoms with E-state index in [1.807, 2.05) is 0 Å². The lowest BCUT2D eigenvalue weighted by Crippen LogP contribution is -2.50. The van der Waals surface area contributed by atoms with Crippen LogP contribution in [0.25, 0.3) is 0 Å². The fraction of sp³-hybridized carbons (Fsp3) is 1.00. The van der Waals surface area contributed by atoms with Crippen LogP contribution >= 0.6 is 0 Å². The van der Waals surface area contributed by atoms with Gasteiger partial charge in [0.25, 0.3) is 0 Å². The summed E-state index contributed by atoms with van der Waals surface area (Å²) in [6.45, 7) is 16.9. The van der Waals surface area contributed by atoms with Gasteiger partial charge in [0.2, 0.25) is 0 Å². The van der Waals surface area contributed by atoms with Crippen molar-refractivity contribution in [1.29, 1.82) is 0 Å². The molecule has 2 aliphatic carbocycles. The number of rotatable bonds is 4. The summed E-state index contributed by atoms with van der Waals surface area (Å²) in [6.07, 6.45) is 6.89. The Labute approximate surface area is 139 Å². The van der Waals surface area contributed by atoms with Gasteiger partial charge in [-0.15, -0.1) is 0 Å². The Kier molecular flexibility index (Phi) is 5.22. The quantitative estimate of drug-likeness (QED) is 0.718. The zero-order valence-corrected chi connectivity index (χ0v) is 16.9. The molecule has 2 aliphatic rings. The van der Waals surface area contributed by atoms with Crippen LogP contribution in [0.5, 0.6) is 0 Å². The van der Waals surface area contributed by atoms with Crippen LogP contribution in [0.4, 0.5) is 0 Å². The Morgan fingerprint density at radius 2 is 1.86 bits per heavy atom. The molecule has 0 amide bonds. The summed E-state index contributed by atoms with van der Waals surface area (Å²) in [5.74, 6) is 1.81. The van der Waals surface area contributed by atoms with E-state index in [4.69, 9.17) is 4.43 Å². The van der Waals surface area contributed by atoms with Gasteiger partial charge in [0.05, 0.1) is 0 Å². The lowest BCUT2D eigenvalue weighted by molar-refractivity contribution is -0.0259. The molecule has 130 valence electrons. The van der Waals surface area contributed by atoms with Crippen LogP contribution < -0.4 is 0 Å². The molecule has 0 spiro atoms. The van der Waals surface area contributed by atoms with Gasteiger partial charge in [0.15, 0.2) is 8.32 Å². The van der Waals surface area contributed by atoms with E-state index >= 15 is 0 Å². The molecule has 2 saturated carbocycles. The van der Waals surface area contributed by atoms with E-state index in [0.717, 1.165) is 0 Å². The fourth-order valence-corrected chi connectivity index (χ4v) is 6.31. The lowest BCUT2D eigenvalue weighted by atomic mass is 9.62. The predicted molar refractivity (Wildman–Crippen MR) is 96.5 cm³/mol. The van der Waals surface area contributed by atoms with E-state index in [0.29, 0.717) is 35.9 Å². The third kappa shape index (κ3) is 3.18. The van der Waals surface area contributed by atoms with Crippen LogP contribution in [-0.2, 0) is 4.43 Å². The van der Waals surface area contributed by atoms with Gasteiger partial charge in [-0.1, -0.05) is 41.0 Å². The van der Waals surface area contributed by atoms with Crippen molar-refractivity contribution in [3.8, 4) is 0 Å². The van der Waals surface area contributed by atoms with Crippen molar-refractivity contribution in [2.24, 2.45) is 23.2 Å². The van der Waals surface area contributed by atoms with Gasteiger partial charge in [-0.25, -0.2) is 0 Å². The fourth-order valence-electron chi connectivity index (χ4n) is 4.92. The van der Waals surface area contributed by atoms with Crippen molar-refractivity contribution < 1.29 is 9.53 Å². The Hall–Kier alpha value is 0.137. The second-order valence-corrected chi connectivity index (χ2v) is 14.5. The lowest BCUT2D eigenvalue weighted by Gasteiger charge is -2.49. The van der Waals surface area contributed by atoms with Gasteiger partial charge in [-0.2, -0.15) is 0 Å². The summed E-state index contributed by atoms with van der Waals surface area (Å²) in [6, 6.07) is 0. The largest absolute Gasteiger partial charge is 0.414 e. The average molecular weight is 327 g/mol. The van der Waals surface area contributed by atoms with Crippen molar-refractivity contribution in [1.82, 2.24) is 0 Å². The van der Waals surface area contributed by atoms with Gasteiger partial charge in [0.1, 0.15) is 0 Å². The predicted octanol–water partition coefficient (Wildman–Crippen LogP) is 5.22. The molecule has 1 N–H and O–H groups in total. The molecule has 0 aromatic rings. The molecule has 3 heteroatoms. The van der Waals surface area contributed by atoms with E-state index < -0.39 is 8.32 Å². The summed E-state index contributed by atoms with van der Waals surface area (Å²) in [7, 11) is -1.69. The zero-order chi connectivity index (χ0) is 16.8. The molecule has 2 fully saturated rings. The molecule has 0 saturated heterocycles. The Bertz CT molecular complexity index is 387. The second kappa shape index (κ2) is 6.21. The maximum Gasteiger partial charge on any atom is 0.192 e. The van der Waals surface area contributed by atoms with Gasteiger partial charge < -0.3 is 9.53 Å². The van der Waals surface area contributed by atoms with Crippen LogP contribution in [0.2, 0.25) is 18.1 Å². The number of aliphatic hydroxyl groups excluding tert-OH is 1. The third-order valence-corrected chi connectivity index (χ3v) is 11.9. The molecular formula is C19H38O2Si. The average Bonchev–Trinajstić information content (AvgIpc) is 2.74. The Morgan fingerprint density at radius 3 is 2.41 bits per heavy atom. The van der Waals surface area contributed by atoms with Gasteiger partial charge in [-0.3, -0.25) is 0 Å². The minimum atomic E-state index is -1.69. The molecule has 2 rings (SSSR count). The highest BCUT2D eigenvalue weighted by molar-refractivity contribution is 6.74. The molecular weight excluding hydrogens is 288 g/mol. The summed E-state index contributed by atoms with van der Waals surface area (Å²) >= 11 is 0. The normalized spacial score (nSPS) is 37.9. The molecule has 0 aromatic carbocycles. The number of hydrogen-bond acceptors (Lipinski definition) is 2. The summed E-state index contributed by atoms with van der Waals surface area (Å²) in [5, 5.41) is 9.92. The molecule has 0 unspecified atom stereocenters. The Balaban J connectivity index is 2.17. The highest BCUT2D eigenvalue weighted by Crippen LogP contribution is 2.59. The van der Waals surface area contributed by atoms with E-state index in [2.05, 4.69) is 47.7 Å². The van der Waals surface area contributed by atoms with Crippen molar-refractivity contribution in [3.63, 3.8) is 0 Å². The second-order valence-electron chi connectivity index (χ2n) is 9.76. The Morgan fingerprint density at radius 1 is 1.23 bits per heavy atom. The maximum absolute atomic E-state index is 9.63. The standard InChI is InChI=1S/C19H38O2Si/c1-14(13-20)15-10-11-16-17(9-8-12-19(15,16)5)21-22(6,7)18(2,3)4/h14-17,20H,8-13H2,1-7H3/t14-,15-,16+,17+,19-/m1/s1. The van der Waals surface area contributed by atoms with Crippen LogP contribution in [0.3, 0.4) is 0 Å². The highest BCUT2D eigenvalue weighted by atomic mass is 28.4. The third-order valence-electron chi connectivity index (χ3n) is 7.36. The van der Waals surface area contributed by atoms with Crippen molar-refractivity contribution in [2.75, 3.05) is 6.61 Å². The first kappa shape index (κ1) is 18.5. The van der Waals surface area contributed by atoms with Gasteiger partial charge in [0, 0.05) is 12.7 Å². The van der Waals surface area contributed by atoms with Crippen molar-refractivity contribution in [2.45, 2.75) is 91.0 Å². The molecule has 0 aliphatic heterocycles. The summed E-state index contributed by atoms with van der Waals surface area (Å²) in [4.78, 5) is 0. The first-order valence-electron chi connectivity index (χ1n) is 9.31. The summed E-state index contributed by atoms with van der Waals surface area (Å²) < 4.78 is 6.86. The van der Waals surface area contributed by atoms with Crippen molar-refractivity contribution in [3.05, 3.63) is 0 Å². The molecule has 2 nitrogen and oxygen atoms in total. The number of hydrogen-bond donors (Lipinski definition) is 1. The molecule has 5 atom stereocenters. The van der Waals surface area contributed by atoms with E-state index in [1.165, 1.54) is 32.1 Å². The van der Waals surface area contributed by atoms with E-state index in [9.17, 15) is 5.11 Å². The first-order valence-corrected chi connectivity index (χ1v) is 12.2. The zero-order valence-electron chi connectivity index (χ0n) is 15.9. The van der Waals surface area contributed by atoms with Crippen molar-refractivity contribution >= 4 is 8.32 Å². The molecule has 0 heterocycles. The molecule has 0 radical (unpaired) electrons. The van der Waals surface area contributed by atoms with Crippen LogP contribution in [0.1, 0.15) is 66.7 Å². The summed E-state index contributed by atoms with van der Waals surface area (Å²) in [5.41, 5.74) is 0.382. The van der Waals surface area contributed by atoms with E-state index in [-0.39, 0.29) is 5.04 Å². The highest BCUT2D eigenvalue weighted by Gasteiger charge is 2.54. The van der Waals surface area contributed by atoms with Gasteiger partial charge in [-0.05, 0) is 67.0 Å². The van der Waals surface area contributed by atoms with E-state index in [1.54, 1.807) is 0 Å². The maximum atomic E-state index is 9.63. The molecule has 0 bridgehead atoms. The van der Waals surface area contributed by atoms with Gasteiger partial charge >= 0.3 is 0 Å². The minimum Gasteiger partial charge on any atom is -0.414 e. The van der Waals surface area contributed by atoms with Crippen LogP contribution in [0.15, 0.2) is 0 Å². The SMILES string of the molecule is C[C@H](CO)[C@H]1CC[C@H]2[C@@H](O[Si](C)(C)C(C)(C)C)CCC[C@]12C. The molecule has 0 aromatic heterocycles. The number of fused-ring (bicyclic) bond motifs is 1. The van der Waals surface area contributed by atoms with Crippen LogP contribution in [0, 0.1) is 23.2 Å². The number of aliphatic hydroxyl groups is 1. The smallest absolute Gasteiger partial charge is 0.192 e. The van der Waals surface area contributed by atoms with Crippen LogP contribution in [-0.4, -0.2) is 26.1 Å². The first-order chi connectivity index (χ1) is 10.0. The topological polar surface area (TPSA) is 29.5 Å². The monoisotopic (exact) mass is 326 g/mol. The molecule has 22 heavy (non-hydrogen) atoms. The minimum absolute atomic E-state index is 0.289.